The lowest BCUT2D eigenvalue weighted by molar-refractivity contribution is -0.137. The van der Waals surface area contributed by atoms with Crippen LogP contribution in [0.2, 0.25) is 0 Å². The van der Waals surface area contributed by atoms with Gasteiger partial charge in [-0.15, -0.1) is 0 Å². The number of anilines is 1. The first-order chi connectivity index (χ1) is 8.71. The van der Waals surface area contributed by atoms with Crippen LogP contribution in [0.5, 0.6) is 0 Å². The molecule has 0 aromatic heterocycles. The summed E-state index contributed by atoms with van der Waals surface area (Å²) in [5.74, 6) is 0. The first-order valence-corrected chi connectivity index (χ1v) is 6.32. The summed E-state index contributed by atoms with van der Waals surface area (Å²) >= 11 is 0. The number of para-hydroxylation sites is 1. The fraction of sp³-hybridized carbons (Fsp3) is 0.571. The van der Waals surface area contributed by atoms with Gasteiger partial charge in [0.25, 0.3) is 0 Å². The van der Waals surface area contributed by atoms with Crippen molar-refractivity contribution in [2.75, 3.05) is 24.5 Å². The SMILES string of the molecule is CCN(CC(C)(C)CN)c1ccccc1C(F)(F)F. The van der Waals surface area contributed by atoms with Gasteiger partial charge in [0.05, 0.1) is 5.56 Å². The lowest BCUT2D eigenvalue weighted by Gasteiger charge is -2.34. The highest BCUT2D eigenvalue weighted by Gasteiger charge is 2.35. The van der Waals surface area contributed by atoms with E-state index in [-0.39, 0.29) is 11.1 Å². The Balaban J connectivity index is 3.12. The molecule has 0 saturated heterocycles. The molecule has 0 unspecified atom stereocenters. The van der Waals surface area contributed by atoms with E-state index in [4.69, 9.17) is 5.73 Å². The van der Waals surface area contributed by atoms with Gasteiger partial charge in [-0.3, -0.25) is 0 Å². The maximum atomic E-state index is 13.0. The molecule has 1 rings (SSSR count). The fourth-order valence-corrected chi connectivity index (χ4v) is 1.94. The molecule has 0 radical (unpaired) electrons. The number of benzene rings is 1. The zero-order valence-corrected chi connectivity index (χ0v) is 11.6. The third-order valence-electron chi connectivity index (χ3n) is 3.10. The number of nitrogens with zero attached hydrogens (tertiary/aromatic N) is 1. The van der Waals surface area contributed by atoms with Gasteiger partial charge in [-0.2, -0.15) is 13.2 Å². The summed E-state index contributed by atoms with van der Waals surface area (Å²) < 4.78 is 39.0. The maximum Gasteiger partial charge on any atom is 0.418 e. The quantitative estimate of drug-likeness (QED) is 0.890. The first kappa shape index (κ1) is 15.8. The summed E-state index contributed by atoms with van der Waals surface area (Å²) in [5.41, 5.74) is 5.06. The fourth-order valence-electron chi connectivity index (χ4n) is 1.94. The van der Waals surface area contributed by atoms with Crippen LogP contribution in [0.3, 0.4) is 0 Å². The van der Waals surface area contributed by atoms with E-state index in [0.717, 1.165) is 6.07 Å². The molecule has 2 N–H and O–H groups in total. The highest BCUT2D eigenvalue weighted by molar-refractivity contribution is 5.55. The van der Waals surface area contributed by atoms with Crippen molar-refractivity contribution in [2.45, 2.75) is 26.9 Å². The number of halogens is 3. The molecule has 1 aromatic rings. The van der Waals surface area contributed by atoms with Crippen molar-refractivity contribution in [1.82, 2.24) is 0 Å². The molecule has 1 aromatic carbocycles. The minimum atomic E-state index is -4.34. The van der Waals surface area contributed by atoms with E-state index < -0.39 is 11.7 Å². The largest absolute Gasteiger partial charge is 0.418 e. The summed E-state index contributed by atoms with van der Waals surface area (Å²) in [5, 5.41) is 0. The monoisotopic (exact) mass is 274 g/mol. The van der Waals surface area contributed by atoms with Crippen LogP contribution >= 0.6 is 0 Å². The zero-order chi connectivity index (χ0) is 14.7. The topological polar surface area (TPSA) is 29.3 Å². The summed E-state index contributed by atoms with van der Waals surface area (Å²) in [4.78, 5) is 1.73. The number of alkyl halides is 3. The van der Waals surface area contributed by atoms with E-state index in [1.54, 1.807) is 11.0 Å². The van der Waals surface area contributed by atoms with E-state index in [2.05, 4.69) is 0 Å². The maximum absolute atomic E-state index is 13.0. The second kappa shape index (κ2) is 5.82. The molecule has 0 fully saturated rings. The van der Waals surface area contributed by atoms with E-state index >= 15 is 0 Å². The van der Waals surface area contributed by atoms with Crippen LogP contribution in [0.1, 0.15) is 26.3 Å². The molecular formula is C14H21F3N2. The van der Waals surface area contributed by atoms with Crippen LogP contribution in [-0.2, 0) is 6.18 Å². The molecule has 0 spiro atoms. The van der Waals surface area contributed by atoms with Crippen molar-refractivity contribution < 1.29 is 13.2 Å². The smallest absolute Gasteiger partial charge is 0.371 e. The van der Waals surface area contributed by atoms with Gasteiger partial charge in [0.15, 0.2) is 0 Å². The minimum absolute atomic E-state index is 0.221. The molecule has 0 aliphatic rings. The molecule has 0 amide bonds. The molecule has 0 bridgehead atoms. The van der Waals surface area contributed by atoms with Crippen LogP contribution in [-0.4, -0.2) is 19.6 Å². The van der Waals surface area contributed by atoms with Gasteiger partial charge in [0, 0.05) is 18.8 Å². The van der Waals surface area contributed by atoms with E-state index in [1.807, 2.05) is 20.8 Å². The Labute approximate surface area is 112 Å². The Bertz CT molecular complexity index is 413. The Hall–Kier alpha value is -1.23. The summed E-state index contributed by atoms with van der Waals surface area (Å²) in [7, 11) is 0. The number of nitrogens with two attached hydrogens (primary N) is 1. The normalized spacial score (nSPS) is 12.6. The van der Waals surface area contributed by atoms with Crippen LogP contribution in [0.25, 0.3) is 0 Å². The van der Waals surface area contributed by atoms with Gasteiger partial charge >= 0.3 is 6.18 Å². The minimum Gasteiger partial charge on any atom is -0.371 e. The zero-order valence-electron chi connectivity index (χ0n) is 11.6. The average Bonchev–Trinajstić information content (AvgIpc) is 2.35. The van der Waals surface area contributed by atoms with Crippen LogP contribution in [0.4, 0.5) is 18.9 Å². The van der Waals surface area contributed by atoms with E-state index in [1.165, 1.54) is 12.1 Å². The van der Waals surface area contributed by atoms with Gasteiger partial charge in [-0.1, -0.05) is 26.0 Å². The Kier molecular flexibility index (Phi) is 4.85. The summed E-state index contributed by atoms with van der Waals surface area (Å²) in [6, 6.07) is 5.67. The lowest BCUT2D eigenvalue weighted by atomic mass is 9.92. The second-order valence-corrected chi connectivity index (χ2v) is 5.40. The van der Waals surface area contributed by atoms with Crippen molar-refractivity contribution in [3.63, 3.8) is 0 Å². The van der Waals surface area contributed by atoms with Crippen molar-refractivity contribution in [3.8, 4) is 0 Å². The summed E-state index contributed by atoms with van der Waals surface area (Å²) in [6.07, 6.45) is -4.34. The van der Waals surface area contributed by atoms with Crippen molar-refractivity contribution in [3.05, 3.63) is 29.8 Å². The van der Waals surface area contributed by atoms with E-state index in [0.29, 0.717) is 19.6 Å². The number of hydrogen-bond donors (Lipinski definition) is 1. The van der Waals surface area contributed by atoms with Gasteiger partial charge in [0.2, 0.25) is 0 Å². The molecule has 5 heteroatoms. The Morgan fingerprint density at radius 1 is 1.16 bits per heavy atom. The van der Waals surface area contributed by atoms with Gasteiger partial charge in [-0.05, 0) is 31.0 Å². The van der Waals surface area contributed by atoms with E-state index in [9.17, 15) is 13.2 Å². The van der Waals surface area contributed by atoms with Crippen molar-refractivity contribution in [1.29, 1.82) is 0 Å². The molecule has 0 heterocycles. The van der Waals surface area contributed by atoms with Crippen molar-refractivity contribution in [2.24, 2.45) is 11.1 Å². The second-order valence-electron chi connectivity index (χ2n) is 5.40. The van der Waals surface area contributed by atoms with Crippen LogP contribution in [0, 0.1) is 5.41 Å². The van der Waals surface area contributed by atoms with Crippen molar-refractivity contribution >= 4 is 5.69 Å². The molecule has 0 aliphatic heterocycles. The molecule has 19 heavy (non-hydrogen) atoms. The third-order valence-corrected chi connectivity index (χ3v) is 3.10. The van der Waals surface area contributed by atoms with Gasteiger partial charge < -0.3 is 10.6 Å². The predicted molar refractivity (Wildman–Crippen MR) is 72.2 cm³/mol. The molecule has 0 saturated carbocycles. The highest BCUT2D eigenvalue weighted by Crippen LogP contribution is 2.37. The molecule has 108 valence electrons. The average molecular weight is 274 g/mol. The predicted octanol–water partition coefficient (Wildman–Crippen LogP) is 3.52. The summed E-state index contributed by atoms with van der Waals surface area (Å²) in [6.45, 7) is 7.18. The lowest BCUT2D eigenvalue weighted by Crippen LogP contribution is -2.39. The number of rotatable bonds is 5. The first-order valence-electron chi connectivity index (χ1n) is 6.32. The van der Waals surface area contributed by atoms with Crippen LogP contribution in [0.15, 0.2) is 24.3 Å². The van der Waals surface area contributed by atoms with Gasteiger partial charge in [0.1, 0.15) is 0 Å². The van der Waals surface area contributed by atoms with Crippen LogP contribution < -0.4 is 10.6 Å². The standard InChI is InChI=1S/C14H21F3N2/c1-4-19(10-13(2,3)9-18)12-8-6-5-7-11(12)14(15,16)17/h5-8H,4,9-10,18H2,1-3H3. The molecular weight excluding hydrogens is 253 g/mol. The molecule has 2 nitrogen and oxygen atoms in total. The molecule has 0 atom stereocenters. The van der Waals surface area contributed by atoms with Gasteiger partial charge in [-0.25, -0.2) is 0 Å². The molecule has 0 aliphatic carbocycles. The number of hydrogen-bond acceptors (Lipinski definition) is 2. The Morgan fingerprint density at radius 2 is 1.74 bits per heavy atom. The Morgan fingerprint density at radius 3 is 2.21 bits per heavy atom. The highest BCUT2D eigenvalue weighted by atomic mass is 19.4. The third kappa shape index (κ3) is 4.13.